The van der Waals surface area contributed by atoms with Gasteiger partial charge in [0.05, 0.1) is 37.0 Å². The largest absolute Gasteiger partial charge is 0.480 e. The van der Waals surface area contributed by atoms with Crippen LogP contribution in [0.25, 0.3) is 5.82 Å². The van der Waals surface area contributed by atoms with Crippen LogP contribution in [0.15, 0.2) is 36.8 Å². The topological polar surface area (TPSA) is 76.4 Å². The van der Waals surface area contributed by atoms with Crippen molar-refractivity contribution >= 4 is 11.5 Å². The van der Waals surface area contributed by atoms with Gasteiger partial charge in [-0.05, 0) is 19.1 Å². The van der Waals surface area contributed by atoms with Crippen molar-refractivity contribution in [1.29, 1.82) is 0 Å². The second-order valence-corrected chi connectivity index (χ2v) is 7.60. The Labute approximate surface area is 184 Å². The molecule has 1 saturated heterocycles. The summed E-state index contributed by atoms with van der Waals surface area (Å²) in [6.45, 7) is 5.13. The average Bonchev–Trinajstić information content (AvgIpc) is 3.18. The summed E-state index contributed by atoms with van der Waals surface area (Å²) in [6, 6.07) is 3.56. The number of ether oxygens (including phenoxy) is 1. The number of hydrogen-bond acceptors (Lipinski definition) is 7. The van der Waals surface area contributed by atoms with E-state index in [2.05, 4.69) is 20.0 Å². The second kappa shape index (κ2) is 9.39. The van der Waals surface area contributed by atoms with Crippen LogP contribution in [0.5, 0.6) is 5.88 Å². The number of piperazine rings is 1. The summed E-state index contributed by atoms with van der Waals surface area (Å²) in [6.07, 6.45) is 4.96. The third-order valence-electron chi connectivity index (χ3n) is 5.58. The number of anilines is 1. The molecule has 8 nitrogen and oxygen atoms in total. The second-order valence-electron chi connectivity index (χ2n) is 7.60. The van der Waals surface area contributed by atoms with E-state index in [1.165, 1.54) is 25.4 Å². The highest BCUT2D eigenvalue weighted by molar-refractivity contribution is 5.97. The molecule has 2 aromatic heterocycles. The number of aromatic nitrogens is 4. The van der Waals surface area contributed by atoms with E-state index in [0.717, 1.165) is 6.07 Å². The Morgan fingerprint density at radius 3 is 2.47 bits per heavy atom. The van der Waals surface area contributed by atoms with E-state index < -0.39 is 11.6 Å². The molecule has 1 fully saturated rings. The van der Waals surface area contributed by atoms with Crippen molar-refractivity contribution in [3.8, 4) is 11.7 Å². The first kappa shape index (κ1) is 21.8. The van der Waals surface area contributed by atoms with Gasteiger partial charge in [-0.3, -0.25) is 14.7 Å². The fourth-order valence-electron chi connectivity index (χ4n) is 3.80. The van der Waals surface area contributed by atoms with Crippen LogP contribution in [0, 0.1) is 18.6 Å². The molecule has 0 radical (unpaired) electrons. The molecule has 32 heavy (non-hydrogen) atoms. The van der Waals surface area contributed by atoms with Crippen LogP contribution in [0.2, 0.25) is 0 Å². The molecule has 0 unspecified atom stereocenters. The van der Waals surface area contributed by atoms with Crippen molar-refractivity contribution in [3.05, 3.63) is 59.7 Å². The first-order chi connectivity index (χ1) is 15.4. The van der Waals surface area contributed by atoms with Crippen LogP contribution in [0.1, 0.15) is 22.5 Å². The van der Waals surface area contributed by atoms with E-state index in [0.29, 0.717) is 67.8 Å². The van der Waals surface area contributed by atoms with Gasteiger partial charge in [-0.1, -0.05) is 0 Å². The van der Waals surface area contributed by atoms with Gasteiger partial charge < -0.3 is 9.64 Å². The van der Waals surface area contributed by atoms with E-state index in [1.54, 1.807) is 17.1 Å². The smallest absolute Gasteiger partial charge is 0.234 e. The molecular formula is C22H24F2N6O2. The molecule has 10 heteroatoms. The molecule has 0 amide bonds. The Morgan fingerprint density at radius 1 is 1.06 bits per heavy atom. The highest BCUT2D eigenvalue weighted by Gasteiger charge is 2.21. The summed E-state index contributed by atoms with van der Waals surface area (Å²) in [5.74, 6) is -0.316. The van der Waals surface area contributed by atoms with E-state index in [9.17, 15) is 13.6 Å². The maximum absolute atomic E-state index is 13.5. The lowest BCUT2D eigenvalue weighted by atomic mass is 10.1. The molecule has 1 aliphatic heterocycles. The number of Topliss-reactive ketones (excluding diaryl/α,β-unsaturated/α-hetero) is 1. The molecule has 3 aromatic rings. The summed E-state index contributed by atoms with van der Waals surface area (Å²) < 4.78 is 33.6. The molecule has 4 rings (SSSR count). The molecule has 0 saturated carbocycles. The lowest BCUT2D eigenvalue weighted by Gasteiger charge is -2.36. The minimum atomic E-state index is -0.580. The third-order valence-corrected chi connectivity index (χ3v) is 5.58. The monoisotopic (exact) mass is 442 g/mol. The van der Waals surface area contributed by atoms with Crippen LogP contribution in [-0.2, 0) is 0 Å². The van der Waals surface area contributed by atoms with Crippen molar-refractivity contribution < 1.29 is 18.3 Å². The fourth-order valence-corrected chi connectivity index (χ4v) is 3.80. The Bertz CT molecular complexity index is 1090. The minimum absolute atomic E-state index is 0.000707. The number of carbonyl (C=O) groups is 1. The number of carbonyl (C=O) groups excluding carboxylic acids is 1. The van der Waals surface area contributed by atoms with Gasteiger partial charge in [0.1, 0.15) is 11.6 Å². The van der Waals surface area contributed by atoms with Crippen LogP contribution >= 0.6 is 0 Å². The maximum atomic E-state index is 13.5. The van der Waals surface area contributed by atoms with E-state index >= 15 is 0 Å². The number of ketones is 1. The van der Waals surface area contributed by atoms with Crippen molar-refractivity contribution in [2.24, 2.45) is 0 Å². The van der Waals surface area contributed by atoms with E-state index in [1.807, 2.05) is 11.8 Å². The zero-order chi connectivity index (χ0) is 22.7. The number of benzene rings is 1. The predicted octanol–water partition coefficient (Wildman–Crippen LogP) is 2.65. The van der Waals surface area contributed by atoms with Gasteiger partial charge in [-0.25, -0.2) is 13.5 Å². The molecular weight excluding hydrogens is 418 g/mol. The van der Waals surface area contributed by atoms with Crippen molar-refractivity contribution in [2.75, 3.05) is 44.7 Å². The summed E-state index contributed by atoms with van der Waals surface area (Å²) in [5.41, 5.74) is 1.78. The predicted molar refractivity (Wildman–Crippen MR) is 114 cm³/mol. The number of methoxy groups -OCH3 is 1. The quantitative estimate of drug-likeness (QED) is 0.521. The van der Waals surface area contributed by atoms with Crippen molar-refractivity contribution in [1.82, 2.24) is 24.6 Å². The zero-order valence-corrected chi connectivity index (χ0v) is 18.0. The molecule has 0 spiro atoms. The minimum Gasteiger partial charge on any atom is -0.480 e. The number of nitrogens with zero attached hydrogens (tertiary/aromatic N) is 6. The Balaban J connectivity index is 1.33. The Hall–Kier alpha value is -3.40. The van der Waals surface area contributed by atoms with Gasteiger partial charge in [0, 0.05) is 50.9 Å². The van der Waals surface area contributed by atoms with Crippen LogP contribution < -0.4 is 9.64 Å². The van der Waals surface area contributed by atoms with Gasteiger partial charge in [-0.15, -0.1) is 0 Å². The highest BCUT2D eigenvalue weighted by atomic mass is 19.1. The average molecular weight is 442 g/mol. The summed E-state index contributed by atoms with van der Waals surface area (Å²) in [7, 11) is 1.51. The van der Waals surface area contributed by atoms with Crippen LogP contribution in [-0.4, -0.2) is 70.3 Å². The fraction of sp³-hybridized carbons (Fsp3) is 0.364. The SMILES string of the molecule is COc1cncc(-n2ncc(C(=O)CCN3CCN(c4cc(F)cc(F)c4)CC3)c2C)n1. The zero-order valence-electron chi connectivity index (χ0n) is 18.0. The lowest BCUT2D eigenvalue weighted by molar-refractivity contribution is 0.0962. The highest BCUT2D eigenvalue weighted by Crippen LogP contribution is 2.20. The number of halogens is 2. The van der Waals surface area contributed by atoms with E-state index in [4.69, 9.17) is 4.74 Å². The number of rotatable bonds is 7. The van der Waals surface area contributed by atoms with Gasteiger partial charge in [0.25, 0.3) is 0 Å². The molecule has 3 heterocycles. The van der Waals surface area contributed by atoms with Crippen LogP contribution in [0.4, 0.5) is 14.5 Å². The molecule has 168 valence electrons. The summed E-state index contributed by atoms with van der Waals surface area (Å²) >= 11 is 0. The van der Waals surface area contributed by atoms with Crippen molar-refractivity contribution in [2.45, 2.75) is 13.3 Å². The molecule has 0 aliphatic carbocycles. The first-order valence-corrected chi connectivity index (χ1v) is 10.3. The Kier molecular flexibility index (Phi) is 6.40. The lowest BCUT2D eigenvalue weighted by Crippen LogP contribution is -2.47. The first-order valence-electron chi connectivity index (χ1n) is 10.3. The van der Waals surface area contributed by atoms with Gasteiger partial charge in [-0.2, -0.15) is 10.1 Å². The normalized spacial score (nSPS) is 14.6. The van der Waals surface area contributed by atoms with Gasteiger partial charge >= 0.3 is 0 Å². The number of hydrogen-bond donors (Lipinski definition) is 0. The third kappa shape index (κ3) is 4.75. The summed E-state index contributed by atoms with van der Waals surface area (Å²) in [5, 5.41) is 4.29. The molecule has 0 N–H and O–H groups in total. The molecule has 1 aliphatic rings. The maximum Gasteiger partial charge on any atom is 0.234 e. The van der Waals surface area contributed by atoms with Gasteiger partial charge in [0.2, 0.25) is 5.88 Å². The van der Waals surface area contributed by atoms with Gasteiger partial charge in [0.15, 0.2) is 11.6 Å². The molecule has 0 bridgehead atoms. The van der Waals surface area contributed by atoms with Crippen LogP contribution in [0.3, 0.4) is 0 Å². The van der Waals surface area contributed by atoms with E-state index in [-0.39, 0.29) is 5.78 Å². The molecule has 1 aromatic carbocycles. The standard InChI is InChI=1S/C22H24F2N6O2/c1-15-19(12-26-30(15)21-13-25-14-22(27-21)32-2)20(31)3-4-28-5-7-29(8-6-28)18-10-16(23)9-17(24)11-18/h9-14H,3-8H2,1-2H3. The summed E-state index contributed by atoms with van der Waals surface area (Å²) in [4.78, 5) is 25.3. The van der Waals surface area contributed by atoms with Crippen molar-refractivity contribution in [3.63, 3.8) is 0 Å². The Morgan fingerprint density at radius 2 is 1.78 bits per heavy atom. The molecule has 0 atom stereocenters.